The molecule has 7 nitrogen and oxygen atoms in total. The summed E-state index contributed by atoms with van der Waals surface area (Å²) in [4.78, 5) is 29.0. The van der Waals surface area contributed by atoms with E-state index in [1.165, 1.54) is 11.3 Å². The van der Waals surface area contributed by atoms with Gasteiger partial charge < -0.3 is 15.2 Å². The van der Waals surface area contributed by atoms with E-state index in [1.54, 1.807) is 12.1 Å². The first-order valence-electron chi connectivity index (χ1n) is 8.29. The Morgan fingerprint density at radius 1 is 1.15 bits per heavy atom. The second-order valence-corrected chi connectivity index (χ2v) is 7.54. The largest absolute Gasteiger partial charge is 0.347 e. The molecule has 0 saturated heterocycles. The molecule has 0 aliphatic rings. The molecule has 0 atom stereocenters. The molecule has 0 saturated carbocycles. The summed E-state index contributed by atoms with van der Waals surface area (Å²) >= 11 is 4.87. The van der Waals surface area contributed by atoms with Gasteiger partial charge in [-0.05, 0) is 42.1 Å². The number of carbonyl (C=O) groups excluding carboxylic acids is 2. The molecule has 0 aliphatic carbocycles. The molecule has 2 aromatic heterocycles. The summed E-state index contributed by atoms with van der Waals surface area (Å²) in [5.41, 5.74) is 0.676. The molecule has 0 bridgehead atoms. The lowest BCUT2D eigenvalue weighted by atomic mass is 10.2. The molecule has 3 rings (SSSR count). The van der Waals surface area contributed by atoms with Crippen LogP contribution in [0, 0.1) is 0 Å². The van der Waals surface area contributed by atoms with Crippen LogP contribution in [0.3, 0.4) is 0 Å². The fraction of sp³-hybridized carbons (Fsp3) is 0.222. The molecule has 0 fully saturated rings. The number of anilines is 1. The van der Waals surface area contributed by atoms with Gasteiger partial charge in [-0.15, -0.1) is 11.3 Å². The number of hydrogen-bond donors (Lipinski definition) is 2. The van der Waals surface area contributed by atoms with E-state index in [0.717, 1.165) is 9.35 Å². The Kier molecular flexibility index (Phi) is 6.72. The summed E-state index contributed by atoms with van der Waals surface area (Å²) in [6, 6.07) is 11.1. The number of benzene rings is 1. The van der Waals surface area contributed by atoms with Crippen LogP contribution < -0.4 is 10.6 Å². The summed E-state index contributed by atoms with van der Waals surface area (Å²) in [6.07, 6.45) is 1.35. The fourth-order valence-corrected chi connectivity index (χ4v) is 3.18. The molecule has 2 amide bonds. The highest BCUT2D eigenvalue weighted by Crippen LogP contribution is 2.21. The van der Waals surface area contributed by atoms with E-state index in [1.807, 2.05) is 29.6 Å². The number of aryl methyl sites for hydroxylation is 1. The van der Waals surface area contributed by atoms with Crippen molar-refractivity contribution < 1.29 is 14.1 Å². The molecule has 140 valence electrons. The second-order valence-electron chi connectivity index (χ2n) is 5.67. The van der Waals surface area contributed by atoms with Gasteiger partial charge in [-0.3, -0.25) is 9.59 Å². The summed E-state index contributed by atoms with van der Waals surface area (Å²) in [7, 11) is 0. The van der Waals surface area contributed by atoms with E-state index in [-0.39, 0.29) is 24.8 Å². The van der Waals surface area contributed by atoms with Gasteiger partial charge in [-0.25, -0.2) is 0 Å². The van der Waals surface area contributed by atoms with Crippen LogP contribution in [0.4, 0.5) is 5.69 Å². The molecular weight excluding hydrogens is 432 g/mol. The van der Waals surface area contributed by atoms with E-state index < -0.39 is 0 Å². The van der Waals surface area contributed by atoms with Crippen molar-refractivity contribution in [2.75, 3.05) is 11.9 Å². The van der Waals surface area contributed by atoms with Crippen LogP contribution in [0.5, 0.6) is 0 Å². The van der Waals surface area contributed by atoms with Crippen LogP contribution >= 0.6 is 27.3 Å². The third-order valence-electron chi connectivity index (χ3n) is 3.58. The molecular formula is C18H17BrN4O3S. The predicted octanol–water partition coefficient (Wildman–Crippen LogP) is 3.64. The first kappa shape index (κ1) is 19.2. The number of hydrogen-bond acceptors (Lipinski definition) is 6. The number of nitrogens with zero attached hydrogens (tertiary/aromatic N) is 2. The van der Waals surface area contributed by atoms with Crippen LogP contribution in [0.15, 0.2) is 50.8 Å². The molecule has 0 radical (unpaired) electrons. The van der Waals surface area contributed by atoms with Gasteiger partial charge in [-0.1, -0.05) is 27.2 Å². The molecule has 2 N–H and O–H groups in total. The maximum atomic E-state index is 11.9. The summed E-state index contributed by atoms with van der Waals surface area (Å²) in [5, 5.41) is 11.2. The zero-order chi connectivity index (χ0) is 19.1. The molecule has 0 aliphatic heterocycles. The molecule has 1 aromatic carbocycles. The SMILES string of the molecule is O=C(CCCc1nc(-c2cccs2)no1)NCC(=O)Nc1ccc(Br)cc1. The minimum Gasteiger partial charge on any atom is -0.347 e. The number of carbonyl (C=O) groups is 2. The zero-order valence-corrected chi connectivity index (χ0v) is 16.7. The average molecular weight is 449 g/mol. The Morgan fingerprint density at radius 3 is 2.70 bits per heavy atom. The van der Waals surface area contributed by atoms with Crippen LogP contribution in [0.1, 0.15) is 18.7 Å². The number of amides is 2. The third-order valence-corrected chi connectivity index (χ3v) is 4.97. The third kappa shape index (κ3) is 6.00. The smallest absolute Gasteiger partial charge is 0.243 e. The summed E-state index contributed by atoms with van der Waals surface area (Å²) < 4.78 is 6.12. The molecule has 0 unspecified atom stereocenters. The fourth-order valence-electron chi connectivity index (χ4n) is 2.27. The highest BCUT2D eigenvalue weighted by molar-refractivity contribution is 9.10. The Hall–Kier alpha value is -2.52. The van der Waals surface area contributed by atoms with E-state index in [2.05, 4.69) is 36.7 Å². The van der Waals surface area contributed by atoms with Crippen molar-refractivity contribution in [3.05, 3.63) is 52.1 Å². The van der Waals surface area contributed by atoms with Gasteiger partial charge in [0.25, 0.3) is 0 Å². The lowest BCUT2D eigenvalue weighted by molar-refractivity contribution is -0.124. The number of thiophene rings is 1. The van der Waals surface area contributed by atoms with E-state index in [9.17, 15) is 9.59 Å². The first-order chi connectivity index (χ1) is 13.1. The van der Waals surface area contributed by atoms with Crippen molar-refractivity contribution in [1.29, 1.82) is 0 Å². The lowest BCUT2D eigenvalue weighted by Crippen LogP contribution is -2.32. The van der Waals surface area contributed by atoms with Crippen molar-refractivity contribution in [3.8, 4) is 10.7 Å². The van der Waals surface area contributed by atoms with Gasteiger partial charge >= 0.3 is 0 Å². The standard InChI is InChI=1S/C18H17BrN4O3S/c19-12-6-8-13(9-7-12)21-16(25)11-20-15(24)4-1-5-17-22-18(23-26-17)14-3-2-10-27-14/h2-3,6-10H,1,4-5,11H2,(H,20,24)(H,21,25). The monoisotopic (exact) mass is 448 g/mol. The highest BCUT2D eigenvalue weighted by Gasteiger charge is 2.11. The maximum absolute atomic E-state index is 11.9. The number of halogens is 1. The molecule has 0 spiro atoms. The van der Waals surface area contributed by atoms with Crippen LogP contribution in [0.2, 0.25) is 0 Å². The molecule has 27 heavy (non-hydrogen) atoms. The normalized spacial score (nSPS) is 10.6. The van der Waals surface area contributed by atoms with Gasteiger partial charge in [0.2, 0.25) is 23.5 Å². The topological polar surface area (TPSA) is 97.1 Å². The number of nitrogens with one attached hydrogen (secondary N) is 2. The quantitative estimate of drug-likeness (QED) is 0.548. The van der Waals surface area contributed by atoms with Crippen molar-refractivity contribution in [3.63, 3.8) is 0 Å². The summed E-state index contributed by atoms with van der Waals surface area (Å²) in [6.45, 7) is -0.0714. The van der Waals surface area contributed by atoms with E-state index in [0.29, 0.717) is 30.2 Å². The van der Waals surface area contributed by atoms with Crippen molar-refractivity contribution in [2.24, 2.45) is 0 Å². The maximum Gasteiger partial charge on any atom is 0.243 e. The van der Waals surface area contributed by atoms with E-state index in [4.69, 9.17) is 4.52 Å². The minimum atomic E-state index is -0.275. The van der Waals surface area contributed by atoms with Gasteiger partial charge in [0.15, 0.2) is 0 Å². The lowest BCUT2D eigenvalue weighted by Gasteiger charge is -2.07. The molecule has 2 heterocycles. The first-order valence-corrected chi connectivity index (χ1v) is 9.96. The Bertz CT molecular complexity index is 894. The molecule has 9 heteroatoms. The van der Waals surface area contributed by atoms with Gasteiger partial charge in [0, 0.05) is 23.0 Å². The Labute approximate surface area is 168 Å². The zero-order valence-electron chi connectivity index (χ0n) is 14.3. The van der Waals surface area contributed by atoms with Crippen molar-refractivity contribution >= 4 is 44.8 Å². The Morgan fingerprint density at radius 2 is 1.96 bits per heavy atom. The number of aromatic nitrogens is 2. The van der Waals surface area contributed by atoms with Gasteiger partial charge in [-0.2, -0.15) is 4.98 Å². The number of rotatable bonds is 8. The minimum absolute atomic E-state index is 0.0714. The molecule has 3 aromatic rings. The van der Waals surface area contributed by atoms with E-state index >= 15 is 0 Å². The Balaban J connectivity index is 1.35. The van der Waals surface area contributed by atoms with Gasteiger partial charge in [0.05, 0.1) is 11.4 Å². The van der Waals surface area contributed by atoms with Gasteiger partial charge in [0.1, 0.15) is 0 Å². The average Bonchev–Trinajstić information content (AvgIpc) is 3.33. The van der Waals surface area contributed by atoms with Crippen LogP contribution in [-0.4, -0.2) is 28.5 Å². The van der Waals surface area contributed by atoms with Crippen LogP contribution in [-0.2, 0) is 16.0 Å². The second kappa shape index (κ2) is 9.43. The van der Waals surface area contributed by atoms with Crippen LogP contribution in [0.25, 0.3) is 10.7 Å². The highest BCUT2D eigenvalue weighted by atomic mass is 79.9. The van der Waals surface area contributed by atoms with Crippen molar-refractivity contribution in [2.45, 2.75) is 19.3 Å². The van der Waals surface area contributed by atoms with Crippen molar-refractivity contribution in [1.82, 2.24) is 15.5 Å². The predicted molar refractivity (Wildman–Crippen MR) is 106 cm³/mol. The summed E-state index contributed by atoms with van der Waals surface area (Å²) in [5.74, 6) is 0.593.